The average Bonchev–Trinajstić information content (AvgIpc) is 3.24. The van der Waals surface area contributed by atoms with Gasteiger partial charge in [-0.05, 0) is 42.8 Å². The third-order valence-electron chi connectivity index (χ3n) is 3.85. The van der Waals surface area contributed by atoms with Crippen molar-refractivity contribution in [3.63, 3.8) is 0 Å². The molecule has 2 heterocycles. The Morgan fingerprint density at radius 2 is 2.07 bits per heavy atom. The van der Waals surface area contributed by atoms with Crippen molar-refractivity contribution in [2.24, 2.45) is 0 Å². The van der Waals surface area contributed by atoms with E-state index in [2.05, 4.69) is 15.3 Å². The number of carbonyl (C=O) groups excluding carboxylic acids is 1. The summed E-state index contributed by atoms with van der Waals surface area (Å²) in [6.07, 6.45) is 0. The Hall–Kier alpha value is -2.84. The predicted molar refractivity (Wildman–Crippen MR) is 108 cm³/mol. The number of anilines is 1. The zero-order valence-electron chi connectivity index (χ0n) is 14.3. The van der Waals surface area contributed by atoms with E-state index in [1.807, 2.05) is 24.4 Å². The Balaban J connectivity index is 1.41. The van der Waals surface area contributed by atoms with Crippen LogP contribution in [-0.4, -0.2) is 15.9 Å². The first-order chi connectivity index (χ1) is 13.1. The summed E-state index contributed by atoms with van der Waals surface area (Å²) in [6.45, 7) is 1.98. The number of rotatable bonds is 5. The van der Waals surface area contributed by atoms with Crippen LogP contribution in [0.1, 0.15) is 21.6 Å². The summed E-state index contributed by atoms with van der Waals surface area (Å²) in [5.41, 5.74) is 4.31. The summed E-state index contributed by atoms with van der Waals surface area (Å²) in [4.78, 5) is 30.6. The minimum absolute atomic E-state index is 0.213. The molecular weight excluding hydrogens is 382 g/mol. The summed E-state index contributed by atoms with van der Waals surface area (Å²) >= 11 is 3.32. The van der Waals surface area contributed by atoms with E-state index in [4.69, 9.17) is 4.42 Å². The lowest BCUT2D eigenvalue weighted by atomic mass is 10.1. The molecule has 136 valence electrons. The molecule has 1 amide bonds. The van der Waals surface area contributed by atoms with Gasteiger partial charge in [0, 0.05) is 28.1 Å². The molecule has 0 bridgehead atoms. The molecule has 0 saturated heterocycles. The van der Waals surface area contributed by atoms with Gasteiger partial charge in [-0.1, -0.05) is 23.9 Å². The maximum absolute atomic E-state index is 12.4. The minimum atomic E-state index is -0.519. The van der Waals surface area contributed by atoms with Crippen LogP contribution in [0.15, 0.2) is 61.4 Å². The summed E-state index contributed by atoms with van der Waals surface area (Å²) in [6, 6.07) is 12.5. The first-order valence-corrected chi connectivity index (χ1v) is 10.0. The van der Waals surface area contributed by atoms with E-state index in [0.29, 0.717) is 22.4 Å². The van der Waals surface area contributed by atoms with Crippen LogP contribution >= 0.6 is 23.1 Å². The van der Waals surface area contributed by atoms with Gasteiger partial charge in [0.05, 0.1) is 5.52 Å². The molecule has 0 fully saturated rings. The number of carbonyl (C=O) groups is 1. The molecule has 2 aromatic carbocycles. The van der Waals surface area contributed by atoms with Crippen molar-refractivity contribution in [3.8, 4) is 0 Å². The number of nitrogens with one attached hydrogen (secondary N) is 2. The Labute approximate surface area is 162 Å². The Kier molecular flexibility index (Phi) is 4.83. The molecular formula is C19H15N3O3S2. The number of oxazole rings is 1. The van der Waals surface area contributed by atoms with Crippen molar-refractivity contribution in [1.29, 1.82) is 0 Å². The molecule has 2 aromatic heterocycles. The standard InChI is InChI=1S/C19H15N3O3S2/c1-11-9-26-19(20-11)27-10-12-2-4-13(5-3-12)17(23)21-14-6-7-16-15(8-14)22-18(24)25-16/h2-9H,10H2,1H3,(H,21,23)(H,22,24). The van der Waals surface area contributed by atoms with Gasteiger partial charge in [0.1, 0.15) is 4.34 Å². The second-order valence-electron chi connectivity index (χ2n) is 5.92. The number of aromatic amines is 1. The highest BCUT2D eigenvalue weighted by atomic mass is 32.2. The van der Waals surface area contributed by atoms with Crippen molar-refractivity contribution in [3.05, 3.63) is 75.2 Å². The number of nitrogens with zero attached hydrogens (tertiary/aromatic N) is 1. The molecule has 6 nitrogen and oxygen atoms in total. The van der Waals surface area contributed by atoms with Gasteiger partial charge in [-0.3, -0.25) is 9.78 Å². The lowest BCUT2D eigenvalue weighted by molar-refractivity contribution is 0.102. The maximum atomic E-state index is 12.4. The number of hydrogen-bond acceptors (Lipinski definition) is 6. The SMILES string of the molecule is Cc1csc(SCc2ccc(C(=O)Nc3ccc4oc(=O)[nH]c4c3)cc2)n1. The van der Waals surface area contributed by atoms with E-state index in [-0.39, 0.29) is 5.91 Å². The van der Waals surface area contributed by atoms with Gasteiger partial charge in [0.2, 0.25) is 0 Å². The fourth-order valence-electron chi connectivity index (χ4n) is 2.53. The first kappa shape index (κ1) is 17.6. The fourth-order valence-corrected chi connectivity index (χ4v) is 4.33. The number of aryl methyl sites for hydroxylation is 1. The van der Waals surface area contributed by atoms with Gasteiger partial charge >= 0.3 is 5.76 Å². The fraction of sp³-hybridized carbons (Fsp3) is 0.105. The van der Waals surface area contributed by atoms with Gasteiger partial charge in [-0.2, -0.15) is 0 Å². The highest BCUT2D eigenvalue weighted by Gasteiger charge is 2.09. The number of H-pyrrole nitrogens is 1. The van der Waals surface area contributed by atoms with Crippen molar-refractivity contribution in [1.82, 2.24) is 9.97 Å². The molecule has 8 heteroatoms. The second-order valence-corrected chi connectivity index (χ2v) is 8.00. The predicted octanol–water partition coefficient (Wildman–Crippen LogP) is 4.43. The number of aromatic nitrogens is 2. The van der Waals surface area contributed by atoms with Crippen molar-refractivity contribution in [2.45, 2.75) is 17.0 Å². The lowest BCUT2D eigenvalue weighted by Gasteiger charge is -2.06. The maximum Gasteiger partial charge on any atom is 0.417 e. The smallest absolute Gasteiger partial charge is 0.408 e. The van der Waals surface area contributed by atoms with Gasteiger partial charge in [-0.15, -0.1) is 11.3 Å². The third kappa shape index (κ3) is 4.12. The molecule has 0 radical (unpaired) electrons. The summed E-state index contributed by atoms with van der Waals surface area (Å²) in [5, 5.41) is 4.86. The van der Waals surface area contributed by atoms with E-state index >= 15 is 0 Å². The highest BCUT2D eigenvalue weighted by molar-refractivity contribution is 8.00. The minimum Gasteiger partial charge on any atom is -0.408 e. The molecule has 4 aromatic rings. The first-order valence-electron chi connectivity index (χ1n) is 8.15. The summed E-state index contributed by atoms with van der Waals surface area (Å²) in [7, 11) is 0. The molecule has 0 atom stereocenters. The number of amides is 1. The molecule has 27 heavy (non-hydrogen) atoms. The number of thiazole rings is 1. The number of benzene rings is 2. The van der Waals surface area contributed by atoms with E-state index in [1.165, 1.54) is 0 Å². The van der Waals surface area contributed by atoms with E-state index < -0.39 is 5.76 Å². The summed E-state index contributed by atoms with van der Waals surface area (Å²) in [5.74, 6) is 0.0733. The van der Waals surface area contributed by atoms with Crippen molar-refractivity contribution in [2.75, 3.05) is 5.32 Å². The lowest BCUT2D eigenvalue weighted by Crippen LogP contribution is -2.11. The Morgan fingerprint density at radius 3 is 2.81 bits per heavy atom. The quantitative estimate of drug-likeness (QED) is 0.486. The molecule has 0 unspecified atom stereocenters. The number of hydrogen-bond donors (Lipinski definition) is 2. The van der Waals surface area contributed by atoms with Crippen LogP contribution in [-0.2, 0) is 5.75 Å². The van der Waals surface area contributed by atoms with Gasteiger partial charge < -0.3 is 9.73 Å². The molecule has 0 aliphatic carbocycles. The van der Waals surface area contributed by atoms with Gasteiger partial charge in [-0.25, -0.2) is 9.78 Å². The molecule has 2 N–H and O–H groups in total. The van der Waals surface area contributed by atoms with E-state index in [1.54, 1.807) is 53.4 Å². The molecule has 4 rings (SSSR count). The highest BCUT2D eigenvalue weighted by Crippen LogP contribution is 2.26. The largest absolute Gasteiger partial charge is 0.417 e. The Bertz CT molecular complexity index is 1160. The van der Waals surface area contributed by atoms with Crippen molar-refractivity contribution >= 4 is 45.8 Å². The molecule has 0 saturated carbocycles. The molecule has 0 spiro atoms. The zero-order valence-corrected chi connectivity index (χ0v) is 15.9. The van der Waals surface area contributed by atoms with Crippen molar-refractivity contribution < 1.29 is 9.21 Å². The topological polar surface area (TPSA) is 88.0 Å². The normalized spacial score (nSPS) is 11.0. The number of thioether (sulfide) groups is 1. The summed E-state index contributed by atoms with van der Waals surface area (Å²) < 4.78 is 6.00. The molecule has 0 aliphatic rings. The zero-order chi connectivity index (χ0) is 18.8. The van der Waals surface area contributed by atoms with Gasteiger partial charge in [0.25, 0.3) is 5.91 Å². The van der Waals surface area contributed by atoms with E-state index in [0.717, 1.165) is 21.3 Å². The van der Waals surface area contributed by atoms with Crippen LogP contribution in [0.4, 0.5) is 5.69 Å². The third-order valence-corrected chi connectivity index (χ3v) is 6.06. The van der Waals surface area contributed by atoms with Crippen LogP contribution in [0.2, 0.25) is 0 Å². The monoisotopic (exact) mass is 397 g/mol. The molecule has 0 aliphatic heterocycles. The number of fused-ring (bicyclic) bond motifs is 1. The van der Waals surface area contributed by atoms with Crippen LogP contribution < -0.4 is 11.1 Å². The Morgan fingerprint density at radius 1 is 1.26 bits per heavy atom. The van der Waals surface area contributed by atoms with Crippen LogP contribution in [0.3, 0.4) is 0 Å². The average molecular weight is 397 g/mol. The van der Waals surface area contributed by atoms with Gasteiger partial charge in [0.15, 0.2) is 5.58 Å². The van der Waals surface area contributed by atoms with Crippen LogP contribution in [0, 0.1) is 6.92 Å². The van der Waals surface area contributed by atoms with E-state index in [9.17, 15) is 9.59 Å². The van der Waals surface area contributed by atoms with Crippen LogP contribution in [0.25, 0.3) is 11.1 Å². The van der Waals surface area contributed by atoms with Crippen LogP contribution in [0.5, 0.6) is 0 Å². The second kappa shape index (κ2) is 7.42.